The van der Waals surface area contributed by atoms with Crippen molar-refractivity contribution in [3.8, 4) is 0 Å². The summed E-state index contributed by atoms with van der Waals surface area (Å²) >= 11 is 0. The van der Waals surface area contributed by atoms with Crippen molar-refractivity contribution >= 4 is 5.91 Å². The van der Waals surface area contributed by atoms with Crippen LogP contribution in [0.15, 0.2) is 61.1 Å². The van der Waals surface area contributed by atoms with E-state index >= 15 is 0 Å². The summed E-state index contributed by atoms with van der Waals surface area (Å²) < 4.78 is 38.2. The van der Waals surface area contributed by atoms with E-state index in [0.717, 1.165) is 41.9 Å². The van der Waals surface area contributed by atoms with Gasteiger partial charge < -0.3 is 4.90 Å². The van der Waals surface area contributed by atoms with Crippen LogP contribution < -0.4 is 0 Å². The van der Waals surface area contributed by atoms with E-state index in [-0.39, 0.29) is 11.8 Å². The predicted molar refractivity (Wildman–Crippen MR) is 108 cm³/mol. The monoisotopic (exact) mass is 426 g/mol. The third-order valence-electron chi connectivity index (χ3n) is 5.48. The van der Waals surface area contributed by atoms with Gasteiger partial charge in [-0.15, -0.1) is 0 Å². The molecule has 0 N–H and O–H groups in total. The number of carbonyl (C=O) groups excluding carboxylic acids is 1. The minimum absolute atomic E-state index is 0.115. The van der Waals surface area contributed by atoms with Crippen LogP contribution in [0.4, 0.5) is 13.2 Å². The summed E-state index contributed by atoms with van der Waals surface area (Å²) in [7, 11) is 0. The second-order valence-electron chi connectivity index (χ2n) is 7.58. The highest BCUT2D eigenvalue weighted by Gasteiger charge is 2.30. The molecule has 1 saturated heterocycles. The molecule has 0 spiro atoms. The number of benzene rings is 1. The topological polar surface area (TPSA) is 59.0 Å². The number of likely N-dealkylation sites (tertiary alicyclic amines) is 1. The molecule has 0 radical (unpaired) electrons. The predicted octanol–water partition coefficient (Wildman–Crippen LogP) is 4.50. The quantitative estimate of drug-likeness (QED) is 0.616. The standard InChI is InChI=1S/C23H21F3N4O/c24-23(25,26)18-6-4-16(5-7-18)14-19-2-1-3-20(29-19)17-8-12-30(13-9-17)22(31)21-15-27-10-11-28-21/h1-7,10-11,15,17H,8-9,12-14H2. The highest BCUT2D eigenvalue weighted by molar-refractivity contribution is 5.92. The lowest BCUT2D eigenvalue weighted by molar-refractivity contribution is -0.137. The van der Waals surface area contributed by atoms with Crippen LogP contribution in [0.1, 0.15) is 51.8 Å². The lowest BCUT2D eigenvalue weighted by Crippen LogP contribution is -2.38. The first-order valence-electron chi connectivity index (χ1n) is 10.1. The Morgan fingerprint density at radius 3 is 2.42 bits per heavy atom. The van der Waals surface area contributed by atoms with Crippen LogP contribution in [0.5, 0.6) is 0 Å². The minimum atomic E-state index is -4.33. The number of halogens is 3. The van der Waals surface area contributed by atoms with Gasteiger partial charge in [-0.05, 0) is 42.7 Å². The minimum Gasteiger partial charge on any atom is -0.337 e. The summed E-state index contributed by atoms with van der Waals surface area (Å²) in [5.74, 6) is 0.119. The molecule has 1 aliphatic heterocycles. The molecule has 0 unspecified atom stereocenters. The van der Waals surface area contributed by atoms with Gasteiger partial charge in [0.15, 0.2) is 0 Å². The van der Waals surface area contributed by atoms with Gasteiger partial charge in [-0.25, -0.2) is 4.98 Å². The normalized spacial score (nSPS) is 15.1. The summed E-state index contributed by atoms with van der Waals surface area (Å²) in [5.41, 5.74) is 2.24. The second-order valence-corrected chi connectivity index (χ2v) is 7.58. The maximum atomic E-state index is 12.7. The van der Waals surface area contributed by atoms with E-state index in [1.807, 2.05) is 18.2 Å². The summed E-state index contributed by atoms with van der Waals surface area (Å²) in [4.78, 5) is 27.1. The summed E-state index contributed by atoms with van der Waals surface area (Å²) in [6.45, 7) is 1.23. The molecular formula is C23H21F3N4O. The average molecular weight is 426 g/mol. The molecule has 1 amide bonds. The lowest BCUT2D eigenvalue weighted by Gasteiger charge is -2.31. The second kappa shape index (κ2) is 8.83. The van der Waals surface area contributed by atoms with Crippen LogP contribution in [-0.2, 0) is 12.6 Å². The Kier molecular flexibility index (Phi) is 5.97. The molecule has 5 nitrogen and oxygen atoms in total. The fraction of sp³-hybridized carbons (Fsp3) is 0.304. The Bertz CT molecular complexity index is 1030. The Morgan fingerprint density at radius 2 is 1.77 bits per heavy atom. The van der Waals surface area contributed by atoms with Crippen LogP contribution in [0.3, 0.4) is 0 Å². The molecular weight excluding hydrogens is 405 g/mol. The molecule has 0 bridgehead atoms. The van der Waals surface area contributed by atoms with Gasteiger partial charge in [-0.1, -0.05) is 18.2 Å². The fourth-order valence-corrected chi connectivity index (χ4v) is 3.79. The number of pyridine rings is 1. The molecule has 160 valence electrons. The van der Waals surface area contributed by atoms with E-state index in [9.17, 15) is 18.0 Å². The van der Waals surface area contributed by atoms with Crippen molar-refractivity contribution < 1.29 is 18.0 Å². The van der Waals surface area contributed by atoms with E-state index < -0.39 is 11.7 Å². The van der Waals surface area contributed by atoms with Crippen LogP contribution in [0.25, 0.3) is 0 Å². The summed E-state index contributed by atoms with van der Waals surface area (Å²) in [6.07, 6.45) is 2.24. The van der Waals surface area contributed by atoms with Crippen LogP contribution in [0.2, 0.25) is 0 Å². The molecule has 0 saturated carbocycles. The third-order valence-corrected chi connectivity index (χ3v) is 5.48. The molecule has 3 aromatic rings. The fourth-order valence-electron chi connectivity index (χ4n) is 3.79. The molecule has 1 aromatic carbocycles. The summed E-state index contributed by atoms with van der Waals surface area (Å²) in [5, 5.41) is 0. The lowest BCUT2D eigenvalue weighted by atomic mass is 9.92. The van der Waals surface area contributed by atoms with Gasteiger partial charge in [0.25, 0.3) is 5.91 Å². The molecule has 0 atom stereocenters. The maximum Gasteiger partial charge on any atom is 0.416 e. The first-order valence-corrected chi connectivity index (χ1v) is 10.1. The van der Waals surface area contributed by atoms with Crippen molar-refractivity contribution in [2.45, 2.75) is 31.4 Å². The van der Waals surface area contributed by atoms with Crippen LogP contribution in [-0.4, -0.2) is 38.8 Å². The Morgan fingerprint density at radius 1 is 1.03 bits per heavy atom. The van der Waals surface area contributed by atoms with E-state index in [1.54, 1.807) is 4.90 Å². The molecule has 1 aliphatic rings. The number of rotatable bonds is 4. The van der Waals surface area contributed by atoms with Gasteiger partial charge in [-0.2, -0.15) is 13.2 Å². The first kappa shape index (κ1) is 21.0. The number of hydrogen-bond acceptors (Lipinski definition) is 4. The smallest absolute Gasteiger partial charge is 0.337 e. The highest BCUT2D eigenvalue weighted by atomic mass is 19.4. The van der Waals surface area contributed by atoms with Crippen molar-refractivity contribution in [2.24, 2.45) is 0 Å². The van der Waals surface area contributed by atoms with Crippen molar-refractivity contribution in [1.82, 2.24) is 19.9 Å². The molecule has 2 aromatic heterocycles. The van der Waals surface area contributed by atoms with E-state index in [2.05, 4.69) is 9.97 Å². The Labute approximate surface area is 178 Å². The van der Waals surface area contributed by atoms with Crippen molar-refractivity contribution in [3.63, 3.8) is 0 Å². The number of piperidine rings is 1. The SMILES string of the molecule is O=C(c1cnccn1)N1CCC(c2cccc(Cc3ccc(C(F)(F)F)cc3)n2)CC1. The number of hydrogen-bond donors (Lipinski definition) is 0. The number of alkyl halides is 3. The summed E-state index contributed by atoms with van der Waals surface area (Å²) in [6, 6.07) is 11.0. The first-order chi connectivity index (χ1) is 14.9. The van der Waals surface area contributed by atoms with Gasteiger partial charge in [-0.3, -0.25) is 14.8 Å². The van der Waals surface area contributed by atoms with Gasteiger partial charge in [0.2, 0.25) is 0 Å². The van der Waals surface area contributed by atoms with Gasteiger partial charge in [0.1, 0.15) is 5.69 Å². The molecule has 1 fully saturated rings. The van der Waals surface area contributed by atoms with E-state index in [0.29, 0.717) is 25.2 Å². The maximum absolute atomic E-state index is 12.7. The largest absolute Gasteiger partial charge is 0.416 e. The van der Waals surface area contributed by atoms with Crippen molar-refractivity contribution in [2.75, 3.05) is 13.1 Å². The Balaban J connectivity index is 1.38. The zero-order valence-electron chi connectivity index (χ0n) is 16.7. The third kappa shape index (κ3) is 5.07. The highest BCUT2D eigenvalue weighted by Crippen LogP contribution is 2.30. The molecule has 4 rings (SSSR count). The number of carbonyl (C=O) groups is 1. The van der Waals surface area contributed by atoms with Crippen LogP contribution in [0, 0.1) is 0 Å². The van der Waals surface area contributed by atoms with Gasteiger partial charge in [0, 0.05) is 49.2 Å². The molecule has 31 heavy (non-hydrogen) atoms. The molecule has 3 heterocycles. The van der Waals surface area contributed by atoms with Gasteiger partial charge >= 0.3 is 6.18 Å². The zero-order valence-corrected chi connectivity index (χ0v) is 16.7. The zero-order chi connectivity index (χ0) is 21.8. The molecule has 8 heteroatoms. The number of aromatic nitrogens is 3. The molecule has 0 aliphatic carbocycles. The van der Waals surface area contributed by atoms with Gasteiger partial charge in [0.05, 0.1) is 11.8 Å². The number of amides is 1. The van der Waals surface area contributed by atoms with E-state index in [4.69, 9.17) is 4.98 Å². The van der Waals surface area contributed by atoms with Crippen LogP contribution >= 0.6 is 0 Å². The Hall–Kier alpha value is -3.29. The van der Waals surface area contributed by atoms with Crippen molar-refractivity contribution in [1.29, 1.82) is 0 Å². The number of nitrogens with zero attached hydrogens (tertiary/aromatic N) is 4. The van der Waals surface area contributed by atoms with E-state index in [1.165, 1.54) is 30.7 Å². The van der Waals surface area contributed by atoms with Crippen molar-refractivity contribution in [3.05, 3.63) is 89.3 Å². The average Bonchev–Trinajstić information content (AvgIpc) is 2.79.